The number of anilines is 1. The number of amides is 3. The summed E-state index contributed by atoms with van der Waals surface area (Å²) in [5.74, 6) is -0.159. The third-order valence-corrected chi connectivity index (χ3v) is 9.46. The predicted octanol–water partition coefficient (Wildman–Crippen LogP) is 8.44. The maximum absolute atomic E-state index is 13.6. The van der Waals surface area contributed by atoms with Crippen LogP contribution in [0.15, 0.2) is 72.8 Å². The van der Waals surface area contributed by atoms with Gasteiger partial charge in [-0.1, -0.05) is 67.1 Å². The van der Waals surface area contributed by atoms with Gasteiger partial charge >= 0.3 is 12.1 Å². The van der Waals surface area contributed by atoms with Gasteiger partial charge < -0.3 is 4.74 Å². The molecule has 0 saturated heterocycles. The largest absolute Gasteiger partial charge is 0.448 e. The van der Waals surface area contributed by atoms with Gasteiger partial charge in [-0.2, -0.15) is 0 Å². The molecule has 0 radical (unpaired) electrons. The normalized spacial score (nSPS) is 17.0. The van der Waals surface area contributed by atoms with E-state index in [1.807, 2.05) is 45.0 Å². The number of nitrogens with one attached hydrogen (secondary N) is 1. The van der Waals surface area contributed by atoms with E-state index in [2.05, 4.69) is 29.6 Å². The molecule has 3 aromatic carbocycles. The highest BCUT2D eigenvalue weighted by molar-refractivity contribution is 7.16. The van der Waals surface area contributed by atoms with Gasteiger partial charge in [0.15, 0.2) is 5.78 Å². The Bertz CT molecular complexity index is 1630. The monoisotopic (exact) mass is 584 g/mol. The lowest BCUT2D eigenvalue weighted by Gasteiger charge is -2.22. The Labute approximate surface area is 247 Å². The van der Waals surface area contributed by atoms with Crippen molar-refractivity contribution in [2.24, 2.45) is 5.92 Å². The molecule has 0 aliphatic heterocycles. The van der Waals surface area contributed by atoms with Crippen molar-refractivity contribution in [3.8, 4) is 11.1 Å². The quantitative estimate of drug-likeness (QED) is 0.231. The summed E-state index contributed by atoms with van der Waals surface area (Å²) in [4.78, 5) is 42.7. The molecule has 1 N–H and O–H groups in total. The highest BCUT2D eigenvalue weighted by Crippen LogP contribution is 2.45. The molecule has 6 nitrogen and oxygen atoms in total. The first-order valence-electron chi connectivity index (χ1n) is 13.6. The van der Waals surface area contributed by atoms with E-state index in [0.29, 0.717) is 27.6 Å². The van der Waals surface area contributed by atoms with E-state index in [9.17, 15) is 14.4 Å². The molecule has 41 heavy (non-hydrogen) atoms. The van der Waals surface area contributed by atoms with E-state index in [1.165, 1.54) is 16.2 Å². The zero-order chi connectivity index (χ0) is 28.8. The molecule has 2 aliphatic carbocycles. The van der Waals surface area contributed by atoms with E-state index in [0.717, 1.165) is 32.7 Å². The van der Waals surface area contributed by atoms with Gasteiger partial charge in [0, 0.05) is 27.4 Å². The Hall–Kier alpha value is -3.94. The van der Waals surface area contributed by atoms with Gasteiger partial charge in [0.25, 0.3) is 0 Å². The summed E-state index contributed by atoms with van der Waals surface area (Å²) in [6.07, 6.45) is 0.0192. The number of carbonyl (C=O) groups excluding carboxylic acids is 3. The Morgan fingerprint density at radius 3 is 2.12 bits per heavy atom. The van der Waals surface area contributed by atoms with E-state index in [4.69, 9.17) is 16.3 Å². The van der Waals surface area contributed by atoms with Gasteiger partial charge in [0.1, 0.15) is 11.6 Å². The topological polar surface area (TPSA) is 75.7 Å². The molecule has 1 fully saturated rings. The number of benzene rings is 3. The molecule has 2 aliphatic rings. The first-order valence-corrected chi connectivity index (χ1v) is 14.8. The lowest BCUT2D eigenvalue weighted by atomic mass is 9.98. The summed E-state index contributed by atoms with van der Waals surface area (Å²) in [5, 5.41) is 3.82. The average molecular weight is 585 g/mol. The fourth-order valence-corrected chi connectivity index (χ4v) is 6.76. The molecule has 3 amide bonds. The Balaban J connectivity index is 1.23. The molecular formula is C33H29ClN2O4S. The number of nitrogens with zero attached hydrogens (tertiary/aromatic N) is 1. The first-order chi connectivity index (χ1) is 19.7. The average Bonchev–Trinajstić information content (AvgIpc) is 3.48. The van der Waals surface area contributed by atoms with E-state index in [-0.39, 0.29) is 30.3 Å². The summed E-state index contributed by atoms with van der Waals surface area (Å²) in [6, 6.07) is 22.0. The zero-order valence-corrected chi connectivity index (χ0v) is 24.5. The standard InChI is InChI=1S/C33H29ClN2O4S/c1-18-16-28(18)36(33(39)40-17-27-25-10-6-4-8-23(25)24-9-5-7-11-26(24)27)32(38)35-31-29(19(2)20(3)41-31)30(37)21-12-14-22(34)15-13-21/h4-15,18,27-28H,16-17H2,1-3H3,(H,35,38)/t18-,28+/m0/s1. The van der Waals surface area contributed by atoms with E-state index in [1.54, 1.807) is 24.3 Å². The molecule has 0 bridgehead atoms. The molecule has 0 unspecified atom stereocenters. The van der Waals surface area contributed by atoms with Gasteiger partial charge in [0.05, 0.1) is 5.56 Å². The first kappa shape index (κ1) is 27.2. The lowest BCUT2D eigenvalue weighted by Crippen LogP contribution is -2.43. The van der Waals surface area contributed by atoms with Crippen molar-refractivity contribution in [3.63, 3.8) is 0 Å². The number of ether oxygens (including phenoxy) is 1. The van der Waals surface area contributed by atoms with Gasteiger partial charge in [0.2, 0.25) is 0 Å². The molecule has 8 heteroatoms. The smallest absolute Gasteiger partial charge is 0.418 e. The Morgan fingerprint density at radius 1 is 0.951 bits per heavy atom. The summed E-state index contributed by atoms with van der Waals surface area (Å²) >= 11 is 7.33. The molecule has 1 aromatic heterocycles. The summed E-state index contributed by atoms with van der Waals surface area (Å²) in [7, 11) is 0. The molecule has 6 rings (SSSR count). The van der Waals surface area contributed by atoms with Crippen molar-refractivity contribution in [1.29, 1.82) is 0 Å². The fraction of sp³-hybridized carbons (Fsp3) is 0.242. The number of ketones is 1. The molecular weight excluding hydrogens is 556 g/mol. The maximum atomic E-state index is 13.6. The molecule has 0 spiro atoms. The number of carbonyl (C=O) groups is 3. The molecule has 2 atom stereocenters. The number of hydrogen-bond donors (Lipinski definition) is 1. The molecule has 1 saturated carbocycles. The lowest BCUT2D eigenvalue weighted by molar-refractivity contribution is 0.103. The Morgan fingerprint density at radius 2 is 1.54 bits per heavy atom. The van der Waals surface area contributed by atoms with Crippen LogP contribution in [0.25, 0.3) is 11.1 Å². The highest BCUT2D eigenvalue weighted by atomic mass is 35.5. The minimum Gasteiger partial charge on any atom is -0.448 e. The van der Waals surface area contributed by atoms with Crippen LogP contribution in [-0.4, -0.2) is 35.5 Å². The van der Waals surface area contributed by atoms with Crippen molar-refractivity contribution < 1.29 is 19.1 Å². The summed E-state index contributed by atoms with van der Waals surface area (Å²) in [6.45, 7) is 5.88. The van der Waals surface area contributed by atoms with Crippen LogP contribution in [0.1, 0.15) is 56.8 Å². The number of urea groups is 1. The van der Waals surface area contributed by atoms with Gasteiger partial charge in [-0.05, 0) is 78.3 Å². The van der Waals surface area contributed by atoms with Gasteiger partial charge in [-0.15, -0.1) is 11.3 Å². The van der Waals surface area contributed by atoms with Crippen molar-refractivity contribution in [3.05, 3.63) is 111 Å². The number of fused-ring (bicyclic) bond motifs is 3. The SMILES string of the molecule is Cc1sc(NC(=O)N(C(=O)OCC2c3ccccc3-c3ccccc32)[C@@H]2C[C@@H]2C)c(C(=O)c2ccc(Cl)cc2)c1C. The van der Waals surface area contributed by atoms with Crippen molar-refractivity contribution in [1.82, 2.24) is 4.90 Å². The second-order valence-electron chi connectivity index (χ2n) is 10.7. The number of aryl methyl sites for hydroxylation is 1. The van der Waals surface area contributed by atoms with Gasteiger partial charge in [-0.3, -0.25) is 10.1 Å². The number of imide groups is 1. The summed E-state index contributed by atoms with van der Waals surface area (Å²) in [5.41, 5.74) is 6.15. The molecule has 4 aromatic rings. The minimum atomic E-state index is -0.686. The number of halogens is 1. The fourth-order valence-electron chi connectivity index (χ4n) is 5.59. The van der Waals surface area contributed by atoms with Crippen molar-refractivity contribution in [2.45, 2.75) is 39.2 Å². The van der Waals surface area contributed by atoms with Crippen LogP contribution in [0, 0.1) is 19.8 Å². The van der Waals surface area contributed by atoms with Crippen molar-refractivity contribution >= 4 is 45.8 Å². The van der Waals surface area contributed by atoms with Crippen LogP contribution >= 0.6 is 22.9 Å². The second-order valence-corrected chi connectivity index (χ2v) is 12.4. The van der Waals surface area contributed by atoms with Crippen molar-refractivity contribution in [2.75, 3.05) is 11.9 Å². The zero-order valence-electron chi connectivity index (χ0n) is 22.9. The second kappa shape index (κ2) is 10.8. The van der Waals surface area contributed by atoms with E-state index < -0.39 is 12.1 Å². The van der Waals surface area contributed by atoms with Crippen LogP contribution in [0.5, 0.6) is 0 Å². The van der Waals surface area contributed by atoms with Crippen LogP contribution in [0.4, 0.5) is 14.6 Å². The van der Waals surface area contributed by atoms with E-state index >= 15 is 0 Å². The third kappa shape index (κ3) is 5.04. The molecule has 208 valence electrons. The van der Waals surface area contributed by atoms with Crippen LogP contribution in [-0.2, 0) is 4.74 Å². The number of rotatable bonds is 6. The Kier molecular flexibility index (Phi) is 7.18. The van der Waals surface area contributed by atoms with Crippen LogP contribution in [0.3, 0.4) is 0 Å². The third-order valence-electron chi connectivity index (χ3n) is 8.09. The minimum absolute atomic E-state index is 0.112. The predicted molar refractivity (Wildman–Crippen MR) is 162 cm³/mol. The number of thiophene rings is 1. The molecule has 1 heterocycles. The van der Waals surface area contributed by atoms with Gasteiger partial charge in [-0.25, -0.2) is 14.5 Å². The van der Waals surface area contributed by atoms with Crippen LogP contribution < -0.4 is 5.32 Å². The maximum Gasteiger partial charge on any atom is 0.418 e. The number of hydrogen-bond acceptors (Lipinski definition) is 5. The van der Waals surface area contributed by atoms with Crippen LogP contribution in [0.2, 0.25) is 5.02 Å². The summed E-state index contributed by atoms with van der Waals surface area (Å²) < 4.78 is 5.85. The highest BCUT2D eigenvalue weighted by Gasteiger charge is 2.45.